The van der Waals surface area contributed by atoms with Gasteiger partial charge in [0, 0.05) is 19.3 Å². The lowest BCUT2D eigenvalue weighted by molar-refractivity contribution is -0.301. The highest BCUT2D eigenvalue weighted by molar-refractivity contribution is 5.74. The first kappa shape index (κ1) is 69.4. The molecule has 0 aliphatic carbocycles. The van der Waals surface area contributed by atoms with Crippen LogP contribution in [0.5, 0.6) is 0 Å². The zero-order valence-electron chi connectivity index (χ0n) is 47.5. The first-order valence-corrected chi connectivity index (χ1v) is 30.3. The number of carbonyl (C=O) groups excluding carboxylic acids is 3. The van der Waals surface area contributed by atoms with E-state index in [9.17, 15) is 34.5 Å². The molecule has 0 aromatic carbocycles. The number of ether oxygens (including phenoxy) is 5. The molecule has 6 atom stereocenters. The Morgan fingerprint density at radius 3 is 1.33 bits per heavy atom. The second kappa shape index (κ2) is 51.2. The van der Waals surface area contributed by atoms with Crippen LogP contribution in [0.1, 0.15) is 265 Å². The Labute approximate surface area is 456 Å². The van der Waals surface area contributed by atoms with Gasteiger partial charge in [-0.05, 0) is 96.3 Å². The van der Waals surface area contributed by atoms with Crippen molar-refractivity contribution in [3.63, 3.8) is 0 Å². The standard InChI is InChI=1S/C63H108O12/c1-4-7-10-13-16-19-22-24-26-27-28-29-31-32-35-37-40-43-46-49-55(64)71-52-54(73-56(65)50-47-44-41-38-34-21-18-15-12-9-6-3)53-72-63-61(59(68)58(67)60(75-63)62(69)70)74-57(66)51-48-45-42-39-36-33-30-25-23-20-17-14-11-8-5-2/h8,11,15,17-18,20,24-26,30,54,58-61,63,67-68H,4-7,9-10,12-14,16,19,21-23,27-29,31-53H2,1-3H3,(H,69,70)/b11-8-,18-15-,20-17-,26-24-,30-25-. The van der Waals surface area contributed by atoms with Gasteiger partial charge < -0.3 is 39.0 Å². The third kappa shape index (κ3) is 41.2. The van der Waals surface area contributed by atoms with Crippen LogP contribution in [0.3, 0.4) is 0 Å². The Hall–Kier alpha value is -3.58. The number of aliphatic carboxylic acids is 1. The monoisotopic (exact) mass is 1060 g/mol. The quantitative estimate of drug-likeness (QED) is 0.0228. The number of aliphatic hydroxyl groups excluding tert-OH is 2. The van der Waals surface area contributed by atoms with Crippen molar-refractivity contribution in [3.8, 4) is 0 Å². The van der Waals surface area contributed by atoms with Gasteiger partial charge in [0.2, 0.25) is 0 Å². The average Bonchev–Trinajstić information content (AvgIpc) is 3.39. The summed E-state index contributed by atoms with van der Waals surface area (Å²) in [6, 6.07) is 0. The summed E-state index contributed by atoms with van der Waals surface area (Å²) in [5.41, 5.74) is 0. The van der Waals surface area contributed by atoms with Crippen LogP contribution in [-0.2, 0) is 42.9 Å². The zero-order chi connectivity index (χ0) is 54.7. The molecule has 0 saturated carbocycles. The van der Waals surface area contributed by atoms with E-state index in [4.69, 9.17) is 23.7 Å². The summed E-state index contributed by atoms with van der Waals surface area (Å²) >= 11 is 0. The molecule has 3 N–H and O–H groups in total. The molecule has 12 heteroatoms. The molecule has 1 heterocycles. The molecular formula is C63H108O12. The van der Waals surface area contributed by atoms with E-state index in [0.717, 1.165) is 109 Å². The molecule has 1 aliphatic heterocycles. The van der Waals surface area contributed by atoms with E-state index >= 15 is 0 Å². The first-order chi connectivity index (χ1) is 36.6. The topological polar surface area (TPSA) is 175 Å². The van der Waals surface area contributed by atoms with Crippen molar-refractivity contribution in [2.45, 2.75) is 302 Å². The van der Waals surface area contributed by atoms with Crippen LogP contribution in [0, 0.1) is 0 Å². The Morgan fingerprint density at radius 1 is 0.453 bits per heavy atom. The summed E-state index contributed by atoms with van der Waals surface area (Å²) in [6.07, 6.45) is 50.5. The maximum absolute atomic E-state index is 13.1. The third-order valence-electron chi connectivity index (χ3n) is 13.5. The number of esters is 3. The number of hydrogen-bond donors (Lipinski definition) is 3. The molecule has 1 saturated heterocycles. The van der Waals surface area contributed by atoms with Crippen LogP contribution < -0.4 is 0 Å². The van der Waals surface area contributed by atoms with Crippen LogP contribution in [0.2, 0.25) is 0 Å². The molecule has 1 aliphatic rings. The van der Waals surface area contributed by atoms with Crippen LogP contribution in [0.4, 0.5) is 0 Å². The molecule has 75 heavy (non-hydrogen) atoms. The van der Waals surface area contributed by atoms with Gasteiger partial charge in [0.05, 0.1) is 6.61 Å². The summed E-state index contributed by atoms with van der Waals surface area (Å²) < 4.78 is 28.4. The summed E-state index contributed by atoms with van der Waals surface area (Å²) in [6.45, 7) is 5.83. The number of hydrogen-bond acceptors (Lipinski definition) is 11. The highest BCUT2D eigenvalue weighted by atomic mass is 16.7. The average molecular weight is 1060 g/mol. The van der Waals surface area contributed by atoms with Crippen molar-refractivity contribution in [3.05, 3.63) is 60.8 Å². The SMILES string of the molecule is CC/C=C\C/C=C\C/C=C\CCCCCCCC(=O)OC1C(OCC(COC(=O)CCCCCCCCCCC/C=C\CCCCCCCC)OC(=O)CCCCCCC/C=C\CCCC)OC(C(=O)O)C(O)C1O. The lowest BCUT2D eigenvalue weighted by atomic mass is 9.98. The van der Waals surface area contributed by atoms with E-state index < -0.39 is 67.3 Å². The maximum atomic E-state index is 13.1. The van der Waals surface area contributed by atoms with Crippen LogP contribution in [-0.4, -0.2) is 89.2 Å². The lowest BCUT2D eigenvalue weighted by Gasteiger charge is -2.40. The van der Waals surface area contributed by atoms with E-state index in [1.807, 2.05) is 0 Å². The molecule has 0 bridgehead atoms. The van der Waals surface area contributed by atoms with Crippen LogP contribution in [0.15, 0.2) is 60.8 Å². The first-order valence-electron chi connectivity index (χ1n) is 30.3. The molecule has 0 aromatic rings. The van der Waals surface area contributed by atoms with Gasteiger partial charge in [-0.3, -0.25) is 14.4 Å². The molecule has 12 nitrogen and oxygen atoms in total. The fourth-order valence-corrected chi connectivity index (χ4v) is 8.89. The summed E-state index contributed by atoms with van der Waals surface area (Å²) in [5.74, 6) is -3.15. The van der Waals surface area contributed by atoms with Crippen molar-refractivity contribution in [2.24, 2.45) is 0 Å². The maximum Gasteiger partial charge on any atom is 0.335 e. The fraction of sp³-hybridized carbons (Fsp3) is 0.778. The molecule has 6 unspecified atom stereocenters. The second-order valence-corrected chi connectivity index (χ2v) is 20.6. The van der Waals surface area contributed by atoms with Crippen molar-refractivity contribution in [1.29, 1.82) is 0 Å². The van der Waals surface area contributed by atoms with Crippen LogP contribution >= 0.6 is 0 Å². The van der Waals surface area contributed by atoms with E-state index in [1.54, 1.807) is 0 Å². The van der Waals surface area contributed by atoms with Crippen LogP contribution in [0.25, 0.3) is 0 Å². The van der Waals surface area contributed by atoms with Crippen molar-refractivity contribution in [2.75, 3.05) is 13.2 Å². The van der Waals surface area contributed by atoms with E-state index in [2.05, 4.69) is 81.5 Å². The highest BCUT2D eigenvalue weighted by Crippen LogP contribution is 2.26. The Balaban J connectivity index is 2.65. The summed E-state index contributed by atoms with van der Waals surface area (Å²) in [4.78, 5) is 51.1. The molecule has 0 amide bonds. The molecule has 432 valence electrons. The normalized spacial score (nSPS) is 18.5. The largest absolute Gasteiger partial charge is 0.479 e. The number of carboxylic acids is 1. The molecule has 0 aromatic heterocycles. The zero-order valence-corrected chi connectivity index (χ0v) is 47.5. The van der Waals surface area contributed by atoms with Gasteiger partial charge in [-0.15, -0.1) is 0 Å². The van der Waals surface area contributed by atoms with E-state index in [1.165, 1.54) is 96.3 Å². The summed E-state index contributed by atoms with van der Waals surface area (Å²) in [7, 11) is 0. The van der Waals surface area contributed by atoms with E-state index in [-0.39, 0.29) is 25.9 Å². The van der Waals surface area contributed by atoms with Crippen molar-refractivity contribution in [1.82, 2.24) is 0 Å². The number of rotatable bonds is 51. The molecular weight excluding hydrogens is 949 g/mol. The Kier molecular flexibility index (Phi) is 47.4. The summed E-state index contributed by atoms with van der Waals surface area (Å²) in [5, 5.41) is 31.5. The highest BCUT2D eigenvalue weighted by Gasteiger charge is 2.50. The van der Waals surface area contributed by atoms with Gasteiger partial charge in [-0.1, -0.05) is 210 Å². The lowest BCUT2D eigenvalue weighted by Crippen LogP contribution is -2.61. The number of allylic oxidation sites excluding steroid dienone is 10. The van der Waals surface area contributed by atoms with E-state index in [0.29, 0.717) is 19.3 Å². The van der Waals surface area contributed by atoms with Gasteiger partial charge in [0.1, 0.15) is 18.8 Å². The Bertz CT molecular complexity index is 1540. The number of aliphatic hydroxyl groups is 2. The minimum Gasteiger partial charge on any atom is -0.479 e. The Morgan fingerprint density at radius 2 is 0.853 bits per heavy atom. The number of carbonyl (C=O) groups is 4. The van der Waals surface area contributed by atoms with Gasteiger partial charge in [0.25, 0.3) is 0 Å². The fourth-order valence-electron chi connectivity index (χ4n) is 8.89. The predicted molar refractivity (Wildman–Crippen MR) is 303 cm³/mol. The van der Waals surface area contributed by atoms with Gasteiger partial charge in [-0.25, -0.2) is 4.79 Å². The minimum atomic E-state index is -1.91. The number of carboxylic acid groups (broad SMARTS) is 1. The predicted octanol–water partition coefficient (Wildman–Crippen LogP) is 15.6. The molecule has 1 rings (SSSR count). The molecule has 0 radical (unpaired) electrons. The smallest absolute Gasteiger partial charge is 0.335 e. The minimum absolute atomic E-state index is 0.0397. The van der Waals surface area contributed by atoms with Gasteiger partial charge >= 0.3 is 23.9 Å². The molecule has 0 spiro atoms. The van der Waals surface area contributed by atoms with Crippen molar-refractivity contribution >= 4 is 23.9 Å². The second-order valence-electron chi connectivity index (χ2n) is 20.6. The number of unbranched alkanes of at least 4 members (excludes halogenated alkanes) is 27. The molecule has 1 fully saturated rings. The third-order valence-corrected chi connectivity index (χ3v) is 13.5. The van der Waals surface area contributed by atoms with Crippen molar-refractivity contribution < 1.29 is 58.2 Å². The van der Waals surface area contributed by atoms with Gasteiger partial charge in [0.15, 0.2) is 24.6 Å². The van der Waals surface area contributed by atoms with Gasteiger partial charge in [-0.2, -0.15) is 0 Å².